The minimum absolute atomic E-state index is 0.0520. The number of aliphatic hydroxyl groups excluding tert-OH is 1. The van der Waals surface area contributed by atoms with Crippen molar-refractivity contribution in [1.29, 1.82) is 0 Å². The summed E-state index contributed by atoms with van der Waals surface area (Å²) in [6.07, 6.45) is 3.08. The van der Waals surface area contributed by atoms with E-state index in [1.165, 1.54) is 5.57 Å². The lowest BCUT2D eigenvalue weighted by molar-refractivity contribution is -0.147. The van der Waals surface area contributed by atoms with Gasteiger partial charge < -0.3 is 10.2 Å². The van der Waals surface area contributed by atoms with E-state index in [9.17, 15) is 4.79 Å². The maximum absolute atomic E-state index is 11.0. The topological polar surface area (TPSA) is 57.5 Å². The highest BCUT2D eigenvalue weighted by Gasteiger charge is 2.36. The van der Waals surface area contributed by atoms with Crippen molar-refractivity contribution in [2.75, 3.05) is 6.61 Å². The van der Waals surface area contributed by atoms with E-state index in [4.69, 9.17) is 10.2 Å². The quantitative estimate of drug-likeness (QED) is 0.703. The molecule has 0 radical (unpaired) electrons. The molecule has 1 rings (SSSR count). The van der Waals surface area contributed by atoms with E-state index >= 15 is 0 Å². The van der Waals surface area contributed by atoms with Crippen molar-refractivity contribution >= 4 is 5.97 Å². The molecule has 0 bridgehead atoms. The van der Waals surface area contributed by atoms with Crippen LogP contribution >= 0.6 is 0 Å². The van der Waals surface area contributed by atoms with Crippen LogP contribution in [0.15, 0.2) is 11.6 Å². The first-order chi connectivity index (χ1) is 6.97. The second-order valence-electron chi connectivity index (χ2n) is 4.76. The molecule has 4 atom stereocenters. The molecule has 0 spiro atoms. The monoisotopic (exact) mass is 212 g/mol. The number of carbonyl (C=O) groups is 1. The first kappa shape index (κ1) is 12.2. The highest BCUT2D eigenvalue weighted by atomic mass is 16.4. The number of rotatable bonds is 3. The summed E-state index contributed by atoms with van der Waals surface area (Å²) in [6.45, 7) is 5.93. The molecule has 0 fully saturated rings. The molecule has 15 heavy (non-hydrogen) atoms. The molecule has 2 N–H and O–H groups in total. The van der Waals surface area contributed by atoms with Crippen molar-refractivity contribution in [1.82, 2.24) is 0 Å². The fraction of sp³-hybridized carbons (Fsp3) is 0.750. The lowest BCUT2D eigenvalue weighted by Crippen LogP contribution is -2.36. The van der Waals surface area contributed by atoms with Crippen LogP contribution in [0.4, 0.5) is 0 Å². The molecule has 0 saturated heterocycles. The van der Waals surface area contributed by atoms with Crippen molar-refractivity contribution in [2.45, 2.75) is 27.2 Å². The van der Waals surface area contributed by atoms with Gasteiger partial charge in [-0.3, -0.25) is 4.79 Å². The summed E-state index contributed by atoms with van der Waals surface area (Å²) in [5.74, 6) is -0.884. The smallest absolute Gasteiger partial charge is 0.309 e. The predicted molar refractivity (Wildman–Crippen MR) is 58.4 cm³/mol. The summed E-state index contributed by atoms with van der Waals surface area (Å²) in [6, 6.07) is 0. The number of aliphatic carboxylic acids is 1. The van der Waals surface area contributed by atoms with Gasteiger partial charge in [-0.05, 0) is 31.1 Å². The maximum Gasteiger partial charge on any atom is 0.309 e. The van der Waals surface area contributed by atoms with Crippen molar-refractivity contribution < 1.29 is 15.0 Å². The first-order valence-electron chi connectivity index (χ1n) is 5.48. The van der Waals surface area contributed by atoms with Crippen LogP contribution in [0.1, 0.15) is 27.2 Å². The molecule has 1 aliphatic carbocycles. The molecule has 0 saturated carbocycles. The van der Waals surface area contributed by atoms with Crippen molar-refractivity contribution in [2.24, 2.45) is 23.7 Å². The van der Waals surface area contributed by atoms with Crippen molar-refractivity contribution in [3.63, 3.8) is 0 Å². The predicted octanol–water partition coefficient (Wildman–Crippen LogP) is 1.92. The van der Waals surface area contributed by atoms with E-state index in [1.54, 1.807) is 0 Å². The van der Waals surface area contributed by atoms with E-state index in [2.05, 4.69) is 19.9 Å². The summed E-state index contributed by atoms with van der Waals surface area (Å²) in [5, 5.41) is 18.2. The molecule has 86 valence electrons. The largest absolute Gasteiger partial charge is 0.481 e. The molecular weight excluding hydrogens is 192 g/mol. The fourth-order valence-corrected chi connectivity index (χ4v) is 2.92. The summed E-state index contributed by atoms with van der Waals surface area (Å²) in [4.78, 5) is 11.0. The Balaban J connectivity index is 2.88. The van der Waals surface area contributed by atoms with Gasteiger partial charge in [0, 0.05) is 0 Å². The van der Waals surface area contributed by atoms with Crippen LogP contribution in [0, 0.1) is 23.7 Å². The van der Waals surface area contributed by atoms with Gasteiger partial charge in [0.05, 0.1) is 12.5 Å². The summed E-state index contributed by atoms with van der Waals surface area (Å²) < 4.78 is 0. The van der Waals surface area contributed by atoms with E-state index in [-0.39, 0.29) is 18.4 Å². The lowest BCUT2D eigenvalue weighted by atomic mass is 9.69. The van der Waals surface area contributed by atoms with Gasteiger partial charge >= 0.3 is 5.97 Å². The number of aliphatic hydroxyl groups is 1. The van der Waals surface area contributed by atoms with Crippen molar-refractivity contribution in [3.05, 3.63) is 11.6 Å². The van der Waals surface area contributed by atoms with Crippen LogP contribution in [0.5, 0.6) is 0 Å². The van der Waals surface area contributed by atoms with E-state index in [0.29, 0.717) is 5.92 Å². The minimum Gasteiger partial charge on any atom is -0.481 e. The highest BCUT2D eigenvalue weighted by Crippen LogP contribution is 2.38. The zero-order chi connectivity index (χ0) is 11.6. The number of carboxylic acids is 1. The molecule has 1 aliphatic rings. The van der Waals surface area contributed by atoms with Gasteiger partial charge in [0.1, 0.15) is 0 Å². The van der Waals surface area contributed by atoms with Crippen LogP contribution in [-0.2, 0) is 4.79 Å². The third-order valence-electron chi connectivity index (χ3n) is 3.43. The highest BCUT2D eigenvalue weighted by molar-refractivity contribution is 5.70. The Labute approximate surface area is 90.8 Å². The Morgan fingerprint density at radius 2 is 2.20 bits per heavy atom. The van der Waals surface area contributed by atoms with Gasteiger partial charge in [0.2, 0.25) is 0 Å². The van der Waals surface area contributed by atoms with Gasteiger partial charge in [0.25, 0.3) is 0 Å². The van der Waals surface area contributed by atoms with Gasteiger partial charge in [-0.25, -0.2) is 0 Å². The molecule has 0 amide bonds. The third-order valence-corrected chi connectivity index (χ3v) is 3.43. The number of allylic oxidation sites excluding steroid dienone is 2. The zero-order valence-corrected chi connectivity index (χ0v) is 9.60. The fourth-order valence-electron chi connectivity index (χ4n) is 2.92. The van der Waals surface area contributed by atoms with Gasteiger partial charge in [-0.2, -0.15) is 0 Å². The molecule has 3 heteroatoms. The average molecular weight is 212 g/mol. The Morgan fingerprint density at radius 1 is 1.60 bits per heavy atom. The van der Waals surface area contributed by atoms with Gasteiger partial charge in [0.15, 0.2) is 0 Å². The van der Waals surface area contributed by atoms with E-state index < -0.39 is 11.9 Å². The number of carboxylic acid groups (broad SMARTS) is 1. The van der Waals surface area contributed by atoms with Gasteiger partial charge in [-0.15, -0.1) is 0 Å². The van der Waals surface area contributed by atoms with E-state index in [0.717, 1.165) is 6.42 Å². The second-order valence-corrected chi connectivity index (χ2v) is 4.76. The Hall–Kier alpha value is -0.830. The maximum atomic E-state index is 11.0. The van der Waals surface area contributed by atoms with Crippen LogP contribution in [-0.4, -0.2) is 22.8 Å². The molecule has 0 aromatic heterocycles. The number of hydrogen-bond acceptors (Lipinski definition) is 2. The number of hydrogen-bond donors (Lipinski definition) is 2. The van der Waals surface area contributed by atoms with Crippen LogP contribution in [0.2, 0.25) is 0 Å². The Morgan fingerprint density at radius 3 is 2.60 bits per heavy atom. The summed E-state index contributed by atoms with van der Waals surface area (Å²) >= 11 is 0. The Kier molecular flexibility index (Phi) is 3.91. The molecule has 0 aromatic rings. The molecular formula is C12H20O3. The molecule has 0 aliphatic heterocycles. The Bertz CT molecular complexity index is 270. The lowest BCUT2D eigenvalue weighted by Gasteiger charge is -2.36. The molecule has 3 nitrogen and oxygen atoms in total. The van der Waals surface area contributed by atoms with Crippen LogP contribution in [0.3, 0.4) is 0 Å². The van der Waals surface area contributed by atoms with Crippen molar-refractivity contribution in [3.8, 4) is 0 Å². The van der Waals surface area contributed by atoms with E-state index in [1.807, 2.05) is 6.92 Å². The molecule has 0 heterocycles. The minimum atomic E-state index is -0.880. The standard InChI is InChI=1S/C12H20O3/c1-7-4-8(2)11(9(3)5-7)10(6-13)12(14)15/h4,8-11,13H,5-6H2,1-3H3,(H,14,15). The van der Waals surface area contributed by atoms with Crippen LogP contribution < -0.4 is 0 Å². The summed E-state index contributed by atoms with van der Waals surface area (Å²) in [5.41, 5.74) is 1.33. The SMILES string of the molecule is CC1=CC(C)C(C(CO)C(=O)O)C(C)C1. The first-order valence-corrected chi connectivity index (χ1v) is 5.48. The summed E-state index contributed by atoms with van der Waals surface area (Å²) in [7, 11) is 0. The third kappa shape index (κ3) is 2.59. The molecule has 4 unspecified atom stereocenters. The zero-order valence-electron chi connectivity index (χ0n) is 9.60. The second kappa shape index (κ2) is 4.79. The normalized spacial score (nSPS) is 33.3. The average Bonchev–Trinajstić information content (AvgIpc) is 2.09. The van der Waals surface area contributed by atoms with Crippen LogP contribution in [0.25, 0.3) is 0 Å². The molecule has 0 aromatic carbocycles. The van der Waals surface area contributed by atoms with Gasteiger partial charge in [-0.1, -0.05) is 25.5 Å².